The number of aromatic nitrogens is 1. The van der Waals surface area contributed by atoms with Crippen LogP contribution < -0.4 is 5.32 Å². The van der Waals surface area contributed by atoms with Gasteiger partial charge in [0.2, 0.25) is 0 Å². The van der Waals surface area contributed by atoms with Crippen molar-refractivity contribution < 1.29 is 9.18 Å². The molecule has 88 valence electrons. The summed E-state index contributed by atoms with van der Waals surface area (Å²) in [5, 5.41) is 2.74. The Kier molecular flexibility index (Phi) is 4.24. The molecule has 3 nitrogen and oxygen atoms in total. The standard InChI is InChI=1S/C11H14ClFN2O/c1-6(2)7(3)15-11(16)9-4-8(13)5-14-10(9)12/h4-7H,1-3H3,(H,15,16). The van der Waals surface area contributed by atoms with Crippen LogP contribution in [0.4, 0.5) is 4.39 Å². The Hall–Kier alpha value is -1.16. The predicted molar refractivity (Wildman–Crippen MR) is 61.0 cm³/mol. The van der Waals surface area contributed by atoms with Crippen molar-refractivity contribution in [3.8, 4) is 0 Å². The normalized spacial score (nSPS) is 12.6. The van der Waals surface area contributed by atoms with E-state index in [2.05, 4.69) is 10.3 Å². The molecule has 1 unspecified atom stereocenters. The highest BCUT2D eigenvalue weighted by atomic mass is 35.5. The van der Waals surface area contributed by atoms with Crippen molar-refractivity contribution in [2.45, 2.75) is 26.8 Å². The van der Waals surface area contributed by atoms with Crippen LogP contribution in [0.2, 0.25) is 5.15 Å². The van der Waals surface area contributed by atoms with E-state index in [1.165, 1.54) is 0 Å². The van der Waals surface area contributed by atoms with Gasteiger partial charge in [0.15, 0.2) is 0 Å². The van der Waals surface area contributed by atoms with Crippen LogP contribution in [0.15, 0.2) is 12.3 Å². The van der Waals surface area contributed by atoms with E-state index in [-0.39, 0.29) is 16.8 Å². The summed E-state index contributed by atoms with van der Waals surface area (Å²) in [6.07, 6.45) is 0.977. The fraction of sp³-hybridized carbons (Fsp3) is 0.455. The average Bonchev–Trinajstić information content (AvgIpc) is 2.21. The first-order valence-electron chi connectivity index (χ1n) is 5.03. The molecule has 5 heteroatoms. The van der Waals surface area contributed by atoms with Crippen molar-refractivity contribution in [2.24, 2.45) is 5.92 Å². The third kappa shape index (κ3) is 3.17. The average molecular weight is 245 g/mol. The highest BCUT2D eigenvalue weighted by Crippen LogP contribution is 2.14. The van der Waals surface area contributed by atoms with Crippen molar-refractivity contribution in [3.05, 3.63) is 28.8 Å². The first kappa shape index (κ1) is 12.9. The molecule has 0 saturated carbocycles. The van der Waals surface area contributed by atoms with Crippen LogP contribution in [0.5, 0.6) is 0 Å². The first-order valence-corrected chi connectivity index (χ1v) is 5.41. The Morgan fingerprint density at radius 1 is 1.50 bits per heavy atom. The highest BCUT2D eigenvalue weighted by molar-refractivity contribution is 6.32. The summed E-state index contributed by atoms with van der Waals surface area (Å²) in [5.41, 5.74) is 0.0640. The van der Waals surface area contributed by atoms with Gasteiger partial charge in [0.25, 0.3) is 5.91 Å². The summed E-state index contributed by atoms with van der Waals surface area (Å²) in [6.45, 7) is 5.84. The number of carbonyl (C=O) groups is 1. The smallest absolute Gasteiger partial charge is 0.254 e. The number of pyridine rings is 1. The molecule has 0 spiro atoms. The van der Waals surface area contributed by atoms with E-state index in [1.54, 1.807) is 0 Å². The van der Waals surface area contributed by atoms with Crippen molar-refractivity contribution in [1.29, 1.82) is 0 Å². The number of rotatable bonds is 3. The summed E-state index contributed by atoms with van der Waals surface area (Å²) >= 11 is 5.72. The number of hydrogen-bond acceptors (Lipinski definition) is 2. The lowest BCUT2D eigenvalue weighted by Crippen LogP contribution is -2.36. The quantitative estimate of drug-likeness (QED) is 0.831. The zero-order valence-electron chi connectivity index (χ0n) is 9.42. The first-order chi connectivity index (χ1) is 7.41. The van der Waals surface area contributed by atoms with Gasteiger partial charge in [-0.1, -0.05) is 25.4 Å². The fourth-order valence-corrected chi connectivity index (χ4v) is 1.22. The van der Waals surface area contributed by atoms with Gasteiger partial charge in [-0.15, -0.1) is 0 Å². The lowest BCUT2D eigenvalue weighted by atomic mass is 10.1. The molecule has 0 saturated heterocycles. The second kappa shape index (κ2) is 5.25. The van der Waals surface area contributed by atoms with Gasteiger partial charge in [-0.25, -0.2) is 9.37 Å². The topological polar surface area (TPSA) is 42.0 Å². The maximum atomic E-state index is 12.9. The lowest BCUT2D eigenvalue weighted by Gasteiger charge is -2.17. The summed E-state index contributed by atoms with van der Waals surface area (Å²) in [7, 11) is 0. The molecule has 0 aliphatic heterocycles. The number of amides is 1. The van der Waals surface area contributed by atoms with E-state index in [0.717, 1.165) is 12.3 Å². The Morgan fingerprint density at radius 3 is 2.69 bits per heavy atom. The van der Waals surface area contributed by atoms with Gasteiger partial charge in [0, 0.05) is 6.04 Å². The number of nitrogens with zero attached hydrogens (tertiary/aromatic N) is 1. The van der Waals surface area contributed by atoms with E-state index < -0.39 is 11.7 Å². The number of carbonyl (C=O) groups excluding carboxylic acids is 1. The predicted octanol–water partition coefficient (Wildman–Crippen LogP) is 2.65. The molecule has 1 N–H and O–H groups in total. The largest absolute Gasteiger partial charge is 0.349 e. The van der Waals surface area contributed by atoms with E-state index in [1.807, 2.05) is 20.8 Å². The molecular weight excluding hydrogens is 231 g/mol. The Morgan fingerprint density at radius 2 is 2.12 bits per heavy atom. The summed E-state index contributed by atoms with van der Waals surface area (Å²) in [6, 6.07) is 1.07. The van der Waals surface area contributed by atoms with Gasteiger partial charge < -0.3 is 5.32 Å². The van der Waals surface area contributed by atoms with Crippen molar-refractivity contribution in [1.82, 2.24) is 10.3 Å². The maximum absolute atomic E-state index is 12.9. The highest BCUT2D eigenvalue weighted by Gasteiger charge is 2.16. The van der Waals surface area contributed by atoms with Crippen molar-refractivity contribution in [2.75, 3.05) is 0 Å². The third-order valence-corrected chi connectivity index (χ3v) is 2.71. The Bertz CT molecular complexity index is 396. The molecule has 0 fully saturated rings. The molecule has 1 aromatic heterocycles. The Labute approximate surface area is 99.0 Å². The van der Waals surface area contributed by atoms with Crippen LogP contribution in [0.1, 0.15) is 31.1 Å². The van der Waals surface area contributed by atoms with Gasteiger partial charge >= 0.3 is 0 Å². The van der Waals surface area contributed by atoms with Crippen LogP contribution in [0.25, 0.3) is 0 Å². The third-order valence-electron chi connectivity index (χ3n) is 2.41. The second-order valence-corrected chi connectivity index (χ2v) is 4.36. The van der Waals surface area contributed by atoms with Gasteiger partial charge in [0.05, 0.1) is 11.8 Å². The number of halogens is 2. The molecule has 1 heterocycles. The minimum Gasteiger partial charge on any atom is -0.349 e. The zero-order chi connectivity index (χ0) is 12.3. The number of hydrogen-bond donors (Lipinski definition) is 1. The summed E-state index contributed by atoms with van der Waals surface area (Å²) < 4.78 is 12.9. The summed E-state index contributed by atoms with van der Waals surface area (Å²) in [4.78, 5) is 15.3. The van der Waals surface area contributed by atoms with Crippen LogP contribution >= 0.6 is 11.6 Å². The molecule has 1 atom stereocenters. The van der Waals surface area contributed by atoms with Crippen molar-refractivity contribution in [3.63, 3.8) is 0 Å². The van der Waals surface area contributed by atoms with E-state index in [0.29, 0.717) is 5.92 Å². The van der Waals surface area contributed by atoms with Crippen LogP contribution in [-0.4, -0.2) is 16.9 Å². The maximum Gasteiger partial charge on any atom is 0.254 e. The monoisotopic (exact) mass is 244 g/mol. The molecule has 16 heavy (non-hydrogen) atoms. The minimum absolute atomic E-state index is 0.00756. The van der Waals surface area contributed by atoms with E-state index >= 15 is 0 Å². The molecule has 1 amide bonds. The number of nitrogens with one attached hydrogen (secondary N) is 1. The fourth-order valence-electron chi connectivity index (χ4n) is 1.03. The molecule has 0 radical (unpaired) electrons. The molecule has 1 rings (SSSR count). The van der Waals surface area contributed by atoms with Crippen molar-refractivity contribution >= 4 is 17.5 Å². The summed E-state index contributed by atoms with van der Waals surface area (Å²) in [5.74, 6) is -0.686. The molecule has 0 aliphatic carbocycles. The van der Waals surface area contributed by atoms with Gasteiger partial charge in [0.1, 0.15) is 11.0 Å². The van der Waals surface area contributed by atoms with E-state index in [4.69, 9.17) is 11.6 Å². The van der Waals surface area contributed by atoms with E-state index in [9.17, 15) is 9.18 Å². The molecule has 0 aliphatic rings. The van der Waals surface area contributed by atoms with Gasteiger partial charge in [-0.05, 0) is 18.9 Å². The van der Waals surface area contributed by atoms with Gasteiger partial charge in [-0.3, -0.25) is 4.79 Å². The lowest BCUT2D eigenvalue weighted by molar-refractivity contribution is 0.0930. The SMILES string of the molecule is CC(C)C(C)NC(=O)c1cc(F)cnc1Cl. The van der Waals surface area contributed by atoms with Crippen LogP contribution in [0.3, 0.4) is 0 Å². The minimum atomic E-state index is -0.577. The molecule has 0 bridgehead atoms. The molecule has 0 aromatic carbocycles. The molecular formula is C11H14ClFN2O. The van der Waals surface area contributed by atoms with Crippen LogP contribution in [0, 0.1) is 11.7 Å². The second-order valence-electron chi connectivity index (χ2n) is 4.00. The zero-order valence-corrected chi connectivity index (χ0v) is 10.2. The molecule has 1 aromatic rings. The van der Waals surface area contributed by atoms with Gasteiger partial charge in [-0.2, -0.15) is 0 Å². The van der Waals surface area contributed by atoms with Crippen LogP contribution in [-0.2, 0) is 0 Å². The Balaban J connectivity index is 2.84.